The van der Waals surface area contributed by atoms with Gasteiger partial charge in [-0.3, -0.25) is 0 Å². The summed E-state index contributed by atoms with van der Waals surface area (Å²) >= 11 is 0. The maximum atomic E-state index is 11.8. The van der Waals surface area contributed by atoms with Gasteiger partial charge in [-0.15, -0.1) is 0 Å². The van der Waals surface area contributed by atoms with Crippen LogP contribution in [0.4, 0.5) is 0 Å². The lowest BCUT2D eigenvalue weighted by Gasteiger charge is -2.07. The predicted molar refractivity (Wildman–Crippen MR) is 218 cm³/mol. The quantitative estimate of drug-likeness (QED) is 0.156. The largest absolute Gasteiger partial charge is 0.478 e. The van der Waals surface area contributed by atoms with Gasteiger partial charge in [0.25, 0.3) is 0 Å². The van der Waals surface area contributed by atoms with Gasteiger partial charge < -0.3 is 15.1 Å². The molecule has 0 radical (unpaired) electrons. The van der Waals surface area contributed by atoms with Crippen LogP contribution in [0.2, 0.25) is 0 Å². The molecule has 7 nitrogen and oxygen atoms in total. The van der Waals surface area contributed by atoms with Gasteiger partial charge in [-0.25, -0.2) is 19.3 Å². The highest BCUT2D eigenvalue weighted by molar-refractivity contribution is 6.00. The van der Waals surface area contributed by atoms with Gasteiger partial charge in [-0.05, 0) is 96.8 Å². The maximum Gasteiger partial charge on any atom is 0.335 e. The van der Waals surface area contributed by atoms with Crippen molar-refractivity contribution < 1.29 is 14.5 Å². The summed E-state index contributed by atoms with van der Waals surface area (Å²) in [4.78, 5) is 30.1. The lowest BCUT2D eigenvalue weighted by atomic mass is 10.0. The SMILES string of the molecule is Cc1ccc(-c2c3nc(c(-c4ccc(C)cc4)c4ccc([nH]4)c(-c4cc[n+](C)cc4)c4nc(c(-c5ccc(C(=O)O)cc5)c5ccc2[nH]5)C=C4)C=C3)cc1. The lowest BCUT2D eigenvalue weighted by molar-refractivity contribution is -0.671. The fourth-order valence-electron chi connectivity index (χ4n) is 7.31. The molecule has 0 spiro atoms. The third kappa shape index (κ3) is 5.91. The van der Waals surface area contributed by atoms with Crippen molar-refractivity contribution in [1.29, 1.82) is 0 Å². The van der Waals surface area contributed by atoms with E-state index < -0.39 is 5.97 Å². The number of carboxylic acid groups (broad SMARTS) is 1. The molecule has 9 rings (SSSR count). The standard InChI is InChI=1S/C47H35N5O2/c1-28-4-8-30(9-5-28)43-35-16-17-36(48-35)44(31-10-6-29(2)7-11-31)38-20-22-41(50-38)46(33-24-26-52(3)27-25-33)42-23-21-40(51-42)45(39-19-18-37(43)49-39)32-12-14-34(15-13-32)47(53)54/h4-27H,1-3H3,(H2,48,49,50,51,53,54)/p+1. The summed E-state index contributed by atoms with van der Waals surface area (Å²) in [5, 5.41) is 9.68. The second-order valence-corrected chi connectivity index (χ2v) is 13.9. The second kappa shape index (κ2) is 13.1. The van der Waals surface area contributed by atoms with Crippen molar-refractivity contribution in [3.05, 3.63) is 161 Å². The first-order valence-electron chi connectivity index (χ1n) is 17.9. The summed E-state index contributed by atoms with van der Waals surface area (Å²) in [6, 6.07) is 36.7. The zero-order valence-electron chi connectivity index (χ0n) is 30.1. The van der Waals surface area contributed by atoms with Crippen LogP contribution in [-0.2, 0) is 7.05 Å². The average molecular weight is 703 g/mol. The first-order chi connectivity index (χ1) is 26.3. The van der Waals surface area contributed by atoms with Crippen molar-refractivity contribution in [1.82, 2.24) is 19.9 Å². The number of benzene rings is 3. The van der Waals surface area contributed by atoms with E-state index in [1.165, 1.54) is 11.1 Å². The van der Waals surface area contributed by atoms with Gasteiger partial charge in [-0.2, -0.15) is 0 Å². The van der Waals surface area contributed by atoms with Crippen LogP contribution in [0.15, 0.2) is 122 Å². The summed E-state index contributed by atoms with van der Waals surface area (Å²) in [7, 11) is 2.01. The van der Waals surface area contributed by atoms with Crippen molar-refractivity contribution >= 4 is 52.3 Å². The third-order valence-electron chi connectivity index (χ3n) is 10.1. The number of aromatic carboxylic acids is 1. The Hall–Kier alpha value is -7.12. The molecule has 0 unspecified atom stereocenters. The smallest absolute Gasteiger partial charge is 0.335 e. The minimum Gasteiger partial charge on any atom is -0.478 e. The molecule has 3 aromatic carbocycles. The fraction of sp³-hybridized carbons (Fsp3) is 0.0638. The topological polar surface area (TPSA) is 98.5 Å². The summed E-state index contributed by atoms with van der Waals surface area (Å²) in [5.41, 5.74) is 17.2. The number of aromatic nitrogens is 5. The van der Waals surface area contributed by atoms with E-state index in [1.807, 2.05) is 42.2 Å². The Morgan fingerprint density at radius 1 is 0.481 bits per heavy atom. The molecular formula is C47H36N5O2+. The number of hydrogen-bond acceptors (Lipinski definition) is 3. The van der Waals surface area contributed by atoms with Crippen molar-refractivity contribution in [2.45, 2.75) is 13.8 Å². The van der Waals surface area contributed by atoms with Crippen LogP contribution >= 0.6 is 0 Å². The Bertz CT molecular complexity index is 2800. The normalized spacial score (nSPS) is 12.0. The molecule has 0 aliphatic carbocycles. The van der Waals surface area contributed by atoms with E-state index in [0.29, 0.717) is 0 Å². The Morgan fingerprint density at radius 3 is 1.13 bits per heavy atom. The highest BCUT2D eigenvalue weighted by atomic mass is 16.4. The molecule has 0 saturated carbocycles. The van der Waals surface area contributed by atoms with Crippen LogP contribution in [0.25, 0.3) is 90.9 Å². The summed E-state index contributed by atoms with van der Waals surface area (Å²) in [5.74, 6) is -0.970. The number of hydrogen-bond donors (Lipinski definition) is 3. The highest BCUT2D eigenvalue weighted by Gasteiger charge is 2.19. The number of carboxylic acids is 1. The number of nitrogens with one attached hydrogen (secondary N) is 2. The minimum atomic E-state index is -0.970. The Kier molecular flexibility index (Phi) is 7.97. The van der Waals surface area contributed by atoms with Gasteiger partial charge >= 0.3 is 5.97 Å². The number of rotatable bonds is 5. The van der Waals surface area contributed by atoms with Crippen LogP contribution in [0.1, 0.15) is 44.3 Å². The summed E-state index contributed by atoms with van der Waals surface area (Å²) in [6.45, 7) is 4.19. The van der Waals surface area contributed by atoms with Crippen LogP contribution in [0.5, 0.6) is 0 Å². The molecule has 7 aromatic rings. The molecule has 2 aliphatic heterocycles. The molecule has 6 heterocycles. The molecule has 54 heavy (non-hydrogen) atoms. The fourth-order valence-corrected chi connectivity index (χ4v) is 7.31. The molecule has 7 heteroatoms. The van der Waals surface area contributed by atoms with E-state index in [2.05, 4.69) is 127 Å². The number of nitrogens with zero attached hydrogens (tertiary/aromatic N) is 3. The van der Waals surface area contributed by atoms with Crippen molar-refractivity contribution in [3.8, 4) is 44.5 Å². The first kappa shape index (κ1) is 32.8. The van der Waals surface area contributed by atoms with Gasteiger partial charge in [0.05, 0.1) is 28.3 Å². The monoisotopic (exact) mass is 702 g/mol. The predicted octanol–water partition coefficient (Wildman–Crippen LogP) is 10.5. The molecule has 0 atom stereocenters. The van der Waals surface area contributed by atoms with Crippen LogP contribution in [0.3, 0.4) is 0 Å². The molecule has 4 aromatic heterocycles. The number of carbonyl (C=O) groups is 1. The van der Waals surface area contributed by atoms with Gasteiger partial charge in [0.15, 0.2) is 12.4 Å². The molecule has 0 fully saturated rings. The first-order valence-corrected chi connectivity index (χ1v) is 17.9. The summed E-state index contributed by atoms with van der Waals surface area (Å²) < 4.78 is 2.02. The Balaban J connectivity index is 1.45. The van der Waals surface area contributed by atoms with E-state index >= 15 is 0 Å². The number of fused-ring (bicyclic) bond motifs is 8. The van der Waals surface area contributed by atoms with Crippen molar-refractivity contribution in [2.24, 2.45) is 7.05 Å². The lowest BCUT2D eigenvalue weighted by Crippen LogP contribution is -2.25. The zero-order valence-corrected chi connectivity index (χ0v) is 30.1. The Labute approximate surface area is 312 Å². The zero-order chi connectivity index (χ0) is 36.9. The number of aromatic amines is 2. The van der Waals surface area contributed by atoms with Crippen molar-refractivity contribution in [2.75, 3.05) is 0 Å². The van der Waals surface area contributed by atoms with Crippen LogP contribution in [-0.4, -0.2) is 31.0 Å². The van der Waals surface area contributed by atoms with Gasteiger partial charge in [0.2, 0.25) is 0 Å². The highest BCUT2D eigenvalue weighted by Crippen LogP contribution is 2.38. The molecule has 0 amide bonds. The number of pyridine rings is 1. The molecule has 260 valence electrons. The molecular weight excluding hydrogens is 667 g/mol. The van der Waals surface area contributed by atoms with E-state index in [9.17, 15) is 9.90 Å². The van der Waals surface area contributed by atoms with Gasteiger partial charge in [0, 0.05) is 56.5 Å². The summed E-state index contributed by atoms with van der Waals surface area (Å²) in [6.07, 6.45) is 12.4. The van der Waals surface area contributed by atoms with Crippen molar-refractivity contribution in [3.63, 3.8) is 0 Å². The van der Waals surface area contributed by atoms with E-state index in [0.717, 1.165) is 89.4 Å². The van der Waals surface area contributed by atoms with Crippen LogP contribution in [0, 0.1) is 13.8 Å². The maximum absolute atomic E-state index is 11.8. The average Bonchev–Trinajstić information content (AvgIpc) is 4.02. The molecule has 3 N–H and O–H groups in total. The van der Waals surface area contributed by atoms with E-state index in [4.69, 9.17) is 9.97 Å². The third-order valence-corrected chi connectivity index (χ3v) is 10.1. The number of H-pyrrole nitrogens is 2. The van der Waals surface area contributed by atoms with Crippen LogP contribution < -0.4 is 4.57 Å². The second-order valence-electron chi connectivity index (χ2n) is 13.9. The molecule has 2 aliphatic rings. The van der Waals surface area contributed by atoms with Gasteiger partial charge in [-0.1, -0.05) is 71.8 Å². The number of aryl methyl sites for hydroxylation is 3. The van der Waals surface area contributed by atoms with E-state index in [-0.39, 0.29) is 5.56 Å². The minimum absolute atomic E-state index is 0.223. The van der Waals surface area contributed by atoms with E-state index in [1.54, 1.807) is 12.1 Å². The Morgan fingerprint density at radius 2 is 0.796 bits per heavy atom. The van der Waals surface area contributed by atoms with Gasteiger partial charge in [0.1, 0.15) is 7.05 Å². The molecule has 0 saturated heterocycles. The molecule has 8 bridgehead atoms.